The molecule has 0 aromatic carbocycles. The van der Waals surface area contributed by atoms with Gasteiger partial charge in [0.05, 0.1) is 24.2 Å². The molecule has 5 rings (SSSR count). The second kappa shape index (κ2) is 5.02. The topological polar surface area (TPSA) is 107 Å². The molecule has 8 heteroatoms. The fraction of sp³-hybridized carbons (Fsp3) is 0.438. The number of nitrogens with one attached hydrogen (secondary N) is 2. The minimum absolute atomic E-state index is 0.189. The molecule has 2 aromatic heterocycles. The van der Waals surface area contributed by atoms with Gasteiger partial charge in [-0.2, -0.15) is 5.10 Å². The number of nitrogens with zero attached hydrogens (tertiary/aromatic N) is 3. The minimum atomic E-state index is -0.297. The standard InChI is InChI=1S/C16H17N5O3/c22-9-3-4-21(6-9)7-11-18-14-12-10(24-15(14)16(23)19-11)2-1-8-5-17-20-13(8)12/h1,5,9-10,20,22H,2-4,6-7H2,(H,18,19,23)/t9-,10?/m0/s1. The normalized spacial score (nSPS) is 25.0. The first-order valence-corrected chi connectivity index (χ1v) is 8.13. The number of hydrogen-bond acceptors (Lipinski definition) is 6. The summed E-state index contributed by atoms with van der Waals surface area (Å²) in [4.78, 5) is 22.0. The molecule has 8 nitrogen and oxygen atoms in total. The van der Waals surface area contributed by atoms with Gasteiger partial charge in [0.15, 0.2) is 0 Å². The van der Waals surface area contributed by atoms with Gasteiger partial charge < -0.3 is 14.8 Å². The number of fused-ring (bicyclic) bond motifs is 4. The smallest absolute Gasteiger partial charge is 0.294 e. The van der Waals surface area contributed by atoms with Crippen molar-refractivity contribution in [1.82, 2.24) is 25.1 Å². The summed E-state index contributed by atoms with van der Waals surface area (Å²) in [5, 5.41) is 18.6. The lowest BCUT2D eigenvalue weighted by molar-refractivity contribution is 0.174. The predicted octanol–water partition coefficient (Wildman–Crippen LogP) is -1.80. The Labute approximate surface area is 136 Å². The van der Waals surface area contributed by atoms with E-state index in [1.807, 2.05) is 0 Å². The van der Waals surface area contributed by atoms with Crippen molar-refractivity contribution in [2.24, 2.45) is 0 Å². The molecule has 2 aromatic rings. The average Bonchev–Trinajstić information content (AvgIpc) is 3.24. The van der Waals surface area contributed by atoms with Crippen molar-refractivity contribution in [3.63, 3.8) is 0 Å². The van der Waals surface area contributed by atoms with Crippen molar-refractivity contribution in [2.45, 2.75) is 31.6 Å². The number of H-pyrrole nitrogens is 2. The summed E-state index contributed by atoms with van der Waals surface area (Å²) in [5.74, 6) is 0.885. The number of aliphatic hydroxyl groups excluding tert-OH is 1. The SMILES string of the molecule is O=c1[nH]c(CN2CC[C@H](O)C2)nc2c1OC1CC=c3cn[nH]c3=C21. The number of β-amino-alcohol motifs (C(OH)–C–C–N with tert-alkyl or cyclic N) is 1. The second-order valence-electron chi connectivity index (χ2n) is 6.53. The van der Waals surface area contributed by atoms with Crippen LogP contribution in [-0.4, -0.2) is 55.5 Å². The van der Waals surface area contributed by atoms with E-state index in [1.54, 1.807) is 6.20 Å². The highest BCUT2D eigenvalue weighted by Crippen LogP contribution is 2.33. The van der Waals surface area contributed by atoms with Gasteiger partial charge in [0.2, 0.25) is 5.75 Å². The molecule has 3 N–H and O–H groups in total. The fourth-order valence-corrected chi connectivity index (χ4v) is 3.74. The Morgan fingerprint density at radius 1 is 1.46 bits per heavy atom. The van der Waals surface area contributed by atoms with Crippen molar-refractivity contribution < 1.29 is 9.84 Å². The summed E-state index contributed by atoms with van der Waals surface area (Å²) in [6.07, 6.45) is 4.80. The van der Waals surface area contributed by atoms with Gasteiger partial charge in [-0.05, 0) is 6.42 Å². The number of likely N-dealkylation sites (tertiary alicyclic amines) is 1. The van der Waals surface area contributed by atoms with Gasteiger partial charge in [-0.15, -0.1) is 0 Å². The summed E-state index contributed by atoms with van der Waals surface area (Å²) < 4.78 is 5.83. The molecule has 0 amide bonds. The van der Waals surface area contributed by atoms with Gasteiger partial charge in [0.25, 0.3) is 5.56 Å². The van der Waals surface area contributed by atoms with E-state index in [9.17, 15) is 9.90 Å². The van der Waals surface area contributed by atoms with Gasteiger partial charge in [0, 0.05) is 30.3 Å². The van der Waals surface area contributed by atoms with E-state index < -0.39 is 0 Å². The molecule has 1 fully saturated rings. The van der Waals surface area contributed by atoms with Gasteiger partial charge in [-0.1, -0.05) is 6.08 Å². The van der Waals surface area contributed by atoms with Crippen LogP contribution in [0.2, 0.25) is 0 Å². The van der Waals surface area contributed by atoms with E-state index in [0.29, 0.717) is 31.0 Å². The second-order valence-corrected chi connectivity index (χ2v) is 6.53. The van der Waals surface area contributed by atoms with Crippen molar-refractivity contribution in [2.75, 3.05) is 13.1 Å². The molecule has 24 heavy (non-hydrogen) atoms. The van der Waals surface area contributed by atoms with Gasteiger partial charge in [0.1, 0.15) is 17.6 Å². The number of aromatic nitrogens is 4. The van der Waals surface area contributed by atoms with Crippen LogP contribution in [-0.2, 0) is 6.54 Å². The van der Waals surface area contributed by atoms with E-state index in [-0.39, 0.29) is 23.5 Å². The molecule has 1 unspecified atom stereocenters. The highest BCUT2D eigenvalue weighted by atomic mass is 16.5. The zero-order chi connectivity index (χ0) is 16.3. The van der Waals surface area contributed by atoms with Crippen molar-refractivity contribution in [1.29, 1.82) is 0 Å². The number of rotatable bonds is 2. The fourth-order valence-electron chi connectivity index (χ4n) is 3.74. The quantitative estimate of drug-likeness (QED) is 0.601. The largest absolute Gasteiger partial charge is 0.478 e. The van der Waals surface area contributed by atoms with Gasteiger partial charge in [-0.3, -0.25) is 14.8 Å². The first kappa shape index (κ1) is 13.9. The summed E-state index contributed by atoms with van der Waals surface area (Å²) in [7, 11) is 0. The summed E-state index contributed by atoms with van der Waals surface area (Å²) in [6.45, 7) is 1.92. The summed E-state index contributed by atoms with van der Waals surface area (Å²) in [5.41, 5.74) is 1.27. The monoisotopic (exact) mass is 327 g/mol. The van der Waals surface area contributed by atoms with Crippen LogP contribution in [0.15, 0.2) is 11.0 Å². The van der Waals surface area contributed by atoms with Crippen molar-refractivity contribution in [3.05, 3.63) is 38.6 Å². The third-order valence-corrected chi connectivity index (χ3v) is 4.87. The Morgan fingerprint density at radius 2 is 2.38 bits per heavy atom. The Bertz CT molecular complexity index is 992. The van der Waals surface area contributed by atoms with Crippen molar-refractivity contribution in [3.8, 4) is 5.75 Å². The molecule has 3 aliphatic rings. The molecule has 0 spiro atoms. The zero-order valence-electron chi connectivity index (χ0n) is 13.0. The maximum absolute atomic E-state index is 12.4. The molecule has 1 saturated heterocycles. The predicted molar refractivity (Wildman–Crippen MR) is 84.6 cm³/mol. The third-order valence-electron chi connectivity index (χ3n) is 4.87. The van der Waals surface area contributed by atoms with Crippen LogP contribution in [0.3, 0.4) is 0 Å². The Morgan fingerprint density at radius 3 is 3.21 bits per heavy atom. The molecule has 2 atom stereocenters. The first-order chi connectivity index (χ1) is 11.7. The van der Waals surface area contributed by atoms with E-state index in [4.69, 9.17) is 4.74 Å². The van der Waals surface area contributed by atoms with E-state index >= 15 is 0 Å². The highest BCUT2D eigenvalue weighted by Gasteiger charge is 2.35. The lowest BCUT2D eigenvalue weighted by Gasteiger charge is -2.14. The third kappa shape index (κ3) is 2.03. The molecule has 124 valence electrons. The lowest BCUT2D eigenvalue weighted by atomic mass is 10.00. The van der Waals surface area contributed by atoms with Gasteiger partial charge >= 0.3 is 0 Å². The number of hydrogen-bond donors (Lipinski definition) is 3. The first-order valence-electron chi connectivity index (χ1n) is 8.13. The Kier molecular flexibility index (Phi) is 2.92. The lowest BCUT2D eigenvalue weighted by Crippen LogP contribution is -2.34. The highest BCUT2D eigenvalue weighted by molar-refractivity contribution is 5.75. The van der Waals surface area contributed by atoms with E-state index in [1.165, 1.54) is 0 Å². The number of ether oxygens (including phenoxy) is 1. The van der Waals surface area contributed by atoms with Crippen LogP contribution in [0.1, 0.15) is 24.4 Å². The van der Waals surface area contributed by atoms with Crippen LogP contribution in [0.25, 0.3) is 11.6 Å². The molecule has 0 saturated carbocycles. The Balaban J connectivity index is 1.62. The minimum Gasteiger partial charge on any atom is -0.478 e. The van der Waals surface area contributed by atoms with Crippen LogP contribution >= 0.6 is 0 Å². The number of aromatic amines is 2. The number of aliphatic hydroxyl groups is 1. The molecule has 0 radical (unpaired) electrons. The van der Waals surface area contributed by atoms with E-state index in [0.717, 1.165) is 29.1 Å². The van der Waals surface area contributed by atoms with Crippen molar-refractivity contribution >= 4 is 11.6 Å². The zero-order valence-corrected chi connectivity index (χ0v) is 13.0. The van der Waals surface area contributed by atoms with Crippen LogP contribution in [0.4, 0.5) is 0 Å². The summed E-state index contributed by atoms with van der Waals surface area (Å²) in [6, 6.07) is 0. The maximum atomic E-state index is 12.4. The van der Waals surface area contributed by atoms with Gasteiger partial charge in [-0.25, -0.2) is 4.98 Å². The maximum Gasteiger partial charge on any atom is 0.294 e. The Hall–Kier alpha value is -2.45. The molecular formula is C16H17N5O3. The average molecular weight is 327 g/mol. The van der Waals surface area contributed by atoms with E-state index in [2.05, 4.69) is 31.1 Å². The summed E-state index contributed by atoms with van der Waals surface area (Å²) >= 11 is 0. The molecule has 1 aliphatic carbocycles. The van der Waals surface area contributed by atoms with Crippen LogP contribution in [0.5, 0.6) is 5.75 Å². The molecule has 0 bridgehead atoms. The van der Waals surface area contributed by atoms with Crippen LogP contribution in [0, 0.1) is 0 Å². The van der Waals surface area contributed by atoms with Crippen LogP contribution < -0.4 is 20.9 Å². The molecular weight excluding hydrogens is 310 g/mol. The molecule has 4 heterocycles. The molecule has 2 aliphatic heterocycles.